The van der Waals surface area contributed by atoms with Gasteiger partial charge in [-0.05, 0) is 31.9 Å². The van der Waals surface area contributed by atoms with Crippen molar-refractivity contribution in [2.45, 2.75) is 32.4 Å². The molecule has 2 aromatic rings. The van der Waals surface area contributed by atoms with E-state index in [2.05, 4.69) is 38.8 Å². The van der Waals surface area contributed by atoms with E-state index >= 15 is 0 Å². The molecule has 1 N–H and O–H groups in total. The van der Waals surface area contributed by atoms with Crippen molar-refractivity contribution >= 4 is 32.7 Å². The zero-order valence-electron chi connectivity index (χ0n) is 10.2. The molecule has 0 aliphatic heterocycles. The number of carbonyl (C=O) groups excluding carboxylic acids is 1. The first kappa shape index (κ1) is 11.8. The molecule has 1 aromatic carbocycles. The van der Waals surface area contributed by atoms with E-state index in [9.17, 15) is 4.79 Å². The molecule has 94 valence electrons. The van der Waals surface area contributed by atoms with Crippen LogP contribution in [0.4, 0.5) is 0 Å². The zero-order valence-corrected chi connectivity index (χ0v) is 11.8. The molecule has 0 radical (unpaired) electrons. The molecule has 1 aromatic heterocycles. The van der Waals surface area contributed by atoms with Crippen LogP contribution in [0.25, 0.3) is 10.9 Å². The number of hydrogen-bond donors (Lipinski definition) is 1. The zero-order chi connectivity index (χ0) is 12.7. The van der Waals surface area contributed by atoms with E-state index in [4.69, 9.17) is 0 Å². The van der Waals surface area contributed by atoms with Crippen LogP contribution >= 0.6 is 15.9 Å². The van der Waals surface area contributed by atoms with Crippen molar-refractivity contribution in [2.24, 2.45) is 0 Å². The van der Waals surface area contributed by atoms with E-state index in [-0.39, 0.29) is 5.91 Å². The Hall–Kier alpha value is -1.29. The van der Waals surface area contributed by atoms with Crippen LogP contribution in [0.3, 0.4) is 0 Å². The molecule has 1 aliphatic rings. The number of fused-ring (bicyclic) bond motifs is 1. The first-order valence-corrected chi connectivity index (χ1v) is 7.07. The fourth-order valence-corrected chi connectivity index (χ4v) is 2.55. The number of carbonyl (C=O) groups is 1. The number of benzene rings is 1. The molecule has 4 heteroatoms. The summed E-state index contributed by atoms with van der Waals surface area (Å²) in [6, 6.07) is 6.45. The van der Waals surface area contributed by atoms with Crippen molar-refractivity contribution in [1.82, 2.24) is 9.88 Å². The minimum atomic E-state index is 0.0528. The summed E-state index contributed by atoms with van der Waals surface area (Å²) in [4.78, 5) is 12.2. The van der Waals surface area contributed by atoms with Gasteiger partial charge in [0, 0.05) is 34.2 Å². The van der Waals surface area contributed by atoms with Gasteiger partial charge in [0.15, 0.2) is 0 Å². The third-order valence-corrected chi connectivity index (χ3v) is 3.84. The van der Waals surface area contributed by atoms with Gasteiger partial charge in [-0.3, -0.25) is 4.79 Å². The Kier molecular flexibility index (Phi) is 2.90. The Morgan fingerprint density at radius 3 is 2.94 bits per heavy atom. The van der Waals surface area contributed by atoms with E-state index in [0.717, 1.165) is 40.3 Å². The number of aryl methyl sites for hydroxylation is 1. The molecule has 1 amide bonds. The number of halogens is 1. The first-order chi connectivity index (χ1) is 8.69. The Bertz CT molecular complexity index is 614. The molecule has 0 unspecified atom stereocenters. The van der Waals surface area contributed by atoms with Crippen molar-refractivity contribution in [3.8, 4) is 0 Å². The molecule has 3 rings (SSSR count). The van der Waals surface area contributed by atoms with Gasteiger partial charge in [0.1, 0.15) is 0 Å². The van der Waals surface area contributed by atoms with Gasteiger partial charge in [-0.25, -0.2) is 0 Å². The van der Waals surface area contributed by atoms with Crippen molar-refractivity contribution < 1.29 is 4.79 Å². The minimum absolute atomic E-state index is 0.0528. The van der Waals surface area contributed by atoms with Crippen LogP contribution in [-0.4, -0.2) is 16.5 Å². The molecule has 1 fully saturated rings. The third-order valence-electron chi connectivity index (χ3n) is 3.34. The van der Waals surface area contributed by atoms with Crippen molar-refractivity contribution in [2.75, 3.05) is 0 Å². The maximum atomic E-state index is 12.2. The topological polar surface area (TPSA) is 34.0 Å². The van der Waals surface area contributed by atoms with E-state index < -0.39 is 0 Å². The number of hydrogen-bond acceptors (Lipinski definition) is 1. The lowest BCUT2D eigenvalue weighted by Crippen LogP contribution is -2.25. The maximum absolute atomic E-state index is 12.2. The summed E-state index contributed by atoms with van der Waals surface area (Å²) < 4.78 is 3.15. The predicted molar refractivity (Wildman–Crippen MR) is 75.8 cm³/mol. The number of nitrogens with zero attached hydrogens (tertiary/aromatic N) is 1. The standard InChI is InChI=1S/C14H15BrN2O/c1-2-17-8-12(14(18)16-10-4-5-10)11-6-3-9(15)7-13(11)17/h3,6-8,10H,2,4-5H2,1H3,(H,16,18). The van der Waals surface area contributed by atoms with Crippen molar-refractivity contribution in [1.29, 1.82) is 0 Å². The Balaban J connectivity index is 2.07. The summed E-state index contributed by atoms with van der Waals surface area (Å²) in [5, 5.41) is 4.08. The average molecular weight is 307 g/mol. The van der Waals surface area contributed by atoms with Crippen LogP contribution in [0.5, 0.6) is 0 Å². The third kappa shape index (κ3) is 2.05. The Morgan fingerprint density at radius 2 is 2.28 bits per heavy atom. The van der Waals surface area contributed by atoms with Crippen molar-refractivity contribution in [3.05, 3.63) is 34.4 Å². The number of aromatic nitrogens is 1. The summed E-state index contributed by atoms with van der Waals surface area (Å²) in [5.41, 5.74) is 1.89. The monoisotopic (exact) mass is 306 g/mol. The highest BCUT2D eigenvalue weighted by molar-refractivity contribution is 9.10. The molecular formula is C14H15BrN2O. The van der Waals surface area contributed by atoms with Crippen LogP contribution in [-0.2, 0) is 6.54 Å². The summed E-state index contributed by atoms with van der Waals surface area (Å²) in [6.45, 7) is 2.95. The molecule has 0 atom stereocenters. The van der Waals surface area contributed by atoms with Gasteiger partial charge < -0.3 is 9.88 Å². The highest BCUT2D eigenvalue weighted by atomic mass is 79.9. The van der Waals surface area contributed by atoms with Gasteiger partial charge in [0.05, 0.1) is 5.56 Å². The lowest BCUT2D eigenvalue weighted by Gasteiger charge is -2.01. The number of amides is 1. The molecule has 1 heterocycles. The Labute approximate surface area is 114 Å². The molecular weight excluding hydrogens is 292 g/mol. The van der Waals surface area contributed by atoms with Crippen LogP contribution < -0.4 is 5.32 Å². The first-order valence-electron chi connectivity index (χ1n) is 6.28. The number of rotatable bonds is 3. The summed E-state index contributed by atoms with van der Waals surface area (Å²) in [5.74, 6) is 0.0528. The Morgan fingerprint density at radius 1 is 1.50 bits per heavy atom. The van der Waals surface area contributed by atoms with Crippen LogP contribution in [0.2, 0.25) is 0 Å². The summed E-state index contributed by atoms with van der Waals surface area (Å²) in [6.07, 6.45) is 4.18. The summed E-state index contributed by atoms with van der Waals surface area (Å²) in [7, 11) is 0. The van der Waals surface area contributed by atoms with Gasteiger partial charge in [-0.1, -0.05) is 22.0 Å². The average Bonchev–Trinajstić information content (AvgIpc) is 3.08. The molecule has 3 nitrogen and oxygen atoms in total. The lowest BCUT2D eigenvalue weighted by molar-refractivity contribution is 0.0952. The highest BCUT2D eigenvalue weighted by Crippen LogP contribution is 2.26. The second-order valence-corrected chi connectivity index (χ2v) is 5.65. The predicted octanol–water partition coefficient (Wildman–Crippen LogP) is 3.32. The van der Waals surface area contributed by atoms with Gasteiger partial charge in [0.2, 0.25) is 0 Å². The molecule has 18 heavy (non-hydrogen) atoms. The summed E-state index contributed by atoms with van der Waals surface area (Å²) >= 11 is 3.48. The molecule has 0 spiro atoms. The fourth-order valence-electron chi connectivity index (χ4n) is 2.20. The molecule has 0 saturated heterocycles. The largest absolute Gasteiger partial charge is 0.349 e. The second-order valence-electron chi connectivity index (χ2n) is 4.74. The smallest absolute Gasteiger partial charge is 0.253 e. The fraction of sp³-hybridized carbons (Fsp3) is 0.357. The SMILES string of the molecule is CCn1cc(C(=O)NC2CC2)c2ccc(Br)cc21. The van der Waals surface area contributed by atoms with Crippen LogP contribution in [0.15, 0.2) is 28.9 Å². The van der Waals surface area contributed by atoms with Gasteiger partial charge in [-0.15, -0.1) is 0 Å². The lowest BCUT2D eigenvalue weighted by atomic mass is 10.1. The van der Waals surface area contributed by atoms with Crippen LogP contribution in [0.1, 0.15) is 30.1 Å². The second kappa shape index (κ2) is 4.43. The molecule has 1 aliphatic carbocycles. The molecule has 0 bridgehead atoms. The van der Waals surface area contributed by atoms with Gasteiger partial charge in [-0.2, -0.15) is 0 Å². The molecule has 1 saturated carbocycles. The van der Waals surface area contributed by atoms with E-state index in [1.54, 1.807) is 0 Å². The highest BCUT2D eigenvalue weighted by Gasteiger charge is 2.25. The number of nitrogens with one attached hydrogen (secondary N) is 1. The quantitative estimate of drug-likeness (QED) is 0.927. The van der Waals surface area contributed by atoms with Crippen molar-refractivity contribution in [3.63, 3.8) is 0 Å². The maximum Gasteiger partial charge on any atom is 0.253 e. The van der Waals surface area contributed by atoms with Crippen LogP contribution in [0, 0.1) is 0 Å². The minimum Gasteiger partial charge on any atom is -0.349 e. The van der Waals surface area contributed by atoms with Gasteiger partial charge >= 0.3 is 0 Å². The normalized spacial score (nSPS) is 15.0. The van der Waals surface area contributed by atoms with E-state index in [0.29, 0.717) is 6.04 Å². The van der Waals surface area contributed by atoms with E-state index in [1.165, 1.54) is 0 Å². The van der Waals surface area contributed by atoms with Gasteiger partial charge in [0.25, 0.3) is 5.91 Å². The van der Waals surface area contributed by atoms with E-state index in [1.807, 2.05) is 18.3 Å².